The van der Waals surface area contributed by atoms with Gasteiger partial charge in [-0.25, -0.2) is 8.78 Å². The molecule has 0 spiro atoms. The van der Waals surface area contributed by atoms with Gasteiger partial charge in [-0.15, -0.1) is 0 Å². The number of aliphatic hydroxyl groups excluding tert-OH is 1. The molecule has 3 atom stereocenters. The number of hydrogen-bond acceptors (Lipinski definition) is 2. The molecule has 2 aliphatic rings. The number of carbonyl (C=O) groups is 1. The van der Waals surface area contributed by atoms with Crippen molar-refractivity contribution in [3.63, 3.8) is 0 Å². The van der Waals surface area contributed by atoms with Crippen LogP contribution in [0, 0.1) is 23.5 Å². The molecular formula is C27H21Cl2F2NO2. The molecule has 1 fully saturated rings. The van der Waals surface area contributed by atoms with Crippen LogP contribution < -0.4 is 0 Å². The van der Waals surface area contributed by atoms with Crippen LogP contribution in [-0.4, -0.2) is 22.1 Å². The van der Waals surface area contributed by atoms with Gasteiger partial charge >= 0.3 is 0 Å². The van der Waals surface area contributed by atoms with Gasteiger partial charge in [0.15, 0.2) is 11.6 Å². The lowest BCUT2D eigenvalue weighted by atomic mass is 9.73. The van der Waals surface area contributed by atoms with Gasteiger partial charge in [0.2, 0.25) is 5.91 Å². The Morgan fingerprint density at radius 2 is 1.38 bits per heavy atom. The summed E-state index contributed by atoms with van der Waals surface area (Å²) in [4.78, 5) is 14.7. The molecule has 1 aliphatic heterocycles. The maximum absolute atomic E-state index is 13.7. The Balaban J connectivity index is 1.50. The lowest BCUT2D eigenvalue weighted by Crippen LogP contribution is -2.34. The monoisotopic (exact) mass is 499 g/mol. The van der Waals surface area contributed by atoms with Crippen molar-refractivity contribution < 1.29 is 18.7 Å². The lowest BCUT2D eigenvalue weighted by molar-refractivity contribution is -0.136. The molecule has 1 heterocycles. The average Bonchev–Trinajstić information content (AvgIpc) is 3.06. The van der Waals surface area contributed by atoms with E-state index in [1.54, 1.807) is 0 Å². The van der Waals surface area contributed by atoms with E-state index in [1.807, 2.05) is 48.5 Å². The van der Waals surface area contributed by atoms with Crippen LogP contribution in [0.25, 0.3) is 11.1 Å². The van der Waals surface area contributed by atoms with Crippen LogP contribution in [0.2, 0.25) is 10.0 Å². The summed E-state index contributed by atoms with van der Waals surface area (Å²) < 4.78 is 27.1. The van der Waals surface area contributed by atoms with Gasteiger partial charge in [-0.2, -0.15) is 0 Å². The molecule has 174 valence electrons. The van der Waals surface area contributed by atoms with E-state index in [4.69, 9.17) is 23.2 Å². The summed E-state index contributed by atoms with van der Waals surface area (Å²) in [6.45, 7) is 0.0107. The minimum absolute atomic E-state index is 0.0107. The molecule has 1 N–H and O–H groups in total. The number of rotatable bonds is 4. The average molecular weight is 500 g/mol. The van der Waals surface area contributed by atoms with Gasteiger partial charge in [0, 0.05) is 28.4 Å². The highest BCUT2D eigenvalue weighted by atomic mass is 35.5. The van der Waals surface area contributed by atoms with Crippen molar-refractivity contribution in [1.29, 1.82) is 0 Å². The second kappa shape index (κ2) is 9.14. The molecule has 2 unspecified atom stereocenters. The van der Waals surface area contributed by atoms with Crippen molar-refractivity contribution in [1.82, 2.24) is 4.90 Å². The van der Waals surface area contributed by atoms with Crippen LogP contribution in [0.4, 0.5) is 8.78 Å². The Kier molecular flexibility index (Phi) is 6.19. The first-order valence-corrected chi connectivity index (χ1v) is 11.7. The van der Waals surface area contributed by atoms with Crippen molar-refractivity contribution in [2.75, 3.05) is 0 Å². The van der Waals surface area contributed by atoms with Crippen molar-refractivity contribution in [2.24, 2.45) is 11.8 Å². The molecule has 3 aromatic rings. The molecule has 1 amide bonds. The topological polar surface area (TPSA) is 40.5 Å². The highest BCUT2D eigenvalue weighted by Gasteiger charge is 2.49. The Morgan fingerprint density at radius 1 is 0.824 bits per heavy atom. The third-order valence-electron chi connectivity index (χ3n) is 6.77. The smallest absolute Gasteiger partial charge is 0.228 e. The van der Waals surface area contributed by atoms with E-state index >= 15 is 0 Å². The maximum Gasteiger partial charge on any atom is 0.228 e. The quantitative estimate of drug-likeness (QED) is 0.440. The fraction of sp³-hybridized carbons (Fsp3) is 0.222. The normalized spacial score (nSPS) is 22.3. The molecule has 5 rings (SSSR count). The minimum Gasteiger partial charge on any atom is -0.373 e. The minimum atomic E-state index is -1.03. The van der Waals surface area contributed by atoms with Crippen molar-refractivity contribution in [2.45, 2.75) is 25.6 Å². The van der Waals surface area contributed by atoms with E-state index in [-0.39, 0.29) is 18.4 Å². The number of amides is 1. The molecule has 1 aliphatic carbocycles. The third-order valence-corrected chi connectivity index (χ3v) is 7.27. The van der Waals surface area contributed by atoms with Gasteiger partial charge in [-0.1, -0.05) is 53.5 Å². The highest BCUT2D eigenvalue weighted by Crippen LogP contribution is 2.49. The third kappa shape index (κ3) is 4.24. The summed E-state index contributed by atoms with van der Waals surface area (Å²) in [5.41, 5.74) is 4.44. The standard InChI is InChI=1S/C27H21Cl2F2NO2/c28-18-6-2-16(3-7-18)20-12-22-23(13-21(20)17-4-8-19(29)9-5-17)27(34)32(26(22)33)14-15-1-10-24(30)25(31)11-15/h1-11,22-23,26,33H,12-14H2/t22?,23?,26-/m0/s1. The number of likely N-dealkylation sites (tertiary alicyclic amines) is 1. The zero-order chi connectivity index (χ0) is 24.0. The molecule has 0 aromatic heterocycles. The number of fused-ring (bicyclic) bond motifs is 1. The van der Waals surface area contributed by atoms with Gasteiger partial charge in [0.25, 0.3) is 0 Å². The largest absolute Gasteiger partial charge is 0.373 e. The summed E-state index contributed by atoms with van der Waals surface area (Å²) in [6, 6.07) is 18.5. The summed E-state index contributed by atoms with van der Waals surface area (Å²) in [5.74, 6) is -2.85. The summed E-state index contributed by atoms with van der Waals surface area (Å²) in [6.07, 6.45) is -0.0838. The molecule has 7 heteroatoms. The molecule has 34 heavy (non-hydrogen) atoms. The van der Waals surface area contributed by atoms with E-state index < -0.39 is 23.8 Å². The first-order chi connectivity index (χ1) is 16.3. The molecule has 3 aromatic carbocycles. The number of benzene rings is 3. The fourth-order valence-corrected chi connectivity index (χ4v) is 5.30. The van der Waals surface area contributed by atoms with Crippen LogP contribution in [0.15, 0.2) is 66.7 Å². The van der Waals surface area contributed by atoms with Crippen LogP contribution in [-0.2, 0) is 11.3 Å². The van der Waals surface area contributed by atoms with Gasteiger partial charge in [0.1, 0.15) is 6.23 Å². The fourth-order valence-electron chi connectivity index (χ4n) is 5.05. The SMILES string of the molecule is O=C1C2CC(c3ccc(Cl)cc3)=C(c3ccc(Cl)cc3)CC2[C@H](O)N1Cc1ccc(F)c(F)c1. The van der Waals surface area contributed by atoms with Crippen LogP contribution >= 0.6 is 23.2 Å². The van der Waals surface area contributed by atoms with Crippen LogP contribution in [0.1, 0.15) is 29.5 Å². The number of aliphatic hydroxyl groups is 1. The first kappa shape index (κ1) is 23.0. The van der Waals surface area contributed by atoms with Gasteiger partial charge in [0.05, 0.1) is 0 Å². The van der Waals surface area contributed by atoms with Crippen molar-refractivity contribution in [3.05, 3.63) is 105 Å². The summed E-state index contributed by atoms with van der Waals surface area (Å²) in [7, 11) is 0. The first-order valence-electron chi connectivity index (χ1n) is 11.0. The predicted molar refractivity (Wildman–Crippen MR) is 129 cm³/mol. The predicted octanol–water partition coefficient (Wildman–Crippen LogP) is 6.57. The van der Waals surface area contributed by atoms with Crippen molar-refractivity contribution >= 4 is 40.3 Å². The maximum atomic E-state index is 13.7. The molecule has 3 nitrogen and oxygen atoms in total. The van der Waals surface area contributed by atoms with Crippen molar-refractivity contribution in [3.8, 4) is 0 Å². The van der Waals surface area contributed by atoms with E-state index in [1.165, 1.54) is 11.0 Å². The van der Waals surface area contributed by atoms with E-state index in [2.05, 4.69) is 0 Å². The second-order valence-electron chi connectivity index (χ2n) is 8.78. The highest BCUT2D eigenvalue weighted by molar-refractivity contribution is 6.31. The second-order valence-corrected chi connectivity index (χ2v) is 9.65. The van der Waals surface area contributed by atoms with Gasteiger partial charge in [-0.3, -0.25) is 4.79 Å². The van der Waals surface area contributed by atoms with E-state index in [0.717, 1.165) is 34.4 Å². The Labute approximate surface area is 206 Å². The van der Waals surface area contributed by atoms with E-state index in [0.29, 0.717) is 28.5 Å². The molecule has 0 saturated carbocycles. The Hall–Kier alpha value is -2.73. The number of hydrogen-bond donors (Lipinski definition) is 1. The van der Waals surface area contributed by atoms with Gasteiger partial charge in [-0.05, 0) is 77.1 Å². The lowest BCUT2D eigenvalue weighted by Gasteiger charge is -2.30. The summed E-state index contributed by atoms with van der Waals surface area (Å²) >= 11 is 12.2. The van der Waals surface area contributed by atoms with Gasteiger partial charge < -0.3 is 10.0 Å². The molecule has 0 bridgehead atoms. The van der Waals surface area contributed by atoms with Crippen LogP contribution in [0.5, 0.6) is 0 Å². The zero-order valence-corrected chi connectivity index (χ0v) is 19.5. The molecular weight excluding hydrogens is 479 g/mol. The molecule has 1 saturated heterocycles. The summed E-state index contributed by atoms with van der Waals surface area (Å²) in [5, 5.41) is 12.4. The Bertz CT molecular complexity index is 1270. The van der Waals surface area contributed by atoms with E-state index in [9.17, 15) is 18.7 Å². The number of carbonyl (C=O) groups excluding carboxylic acids is 1. The van der Waals surface area contributed by atoms with Crippen LogP contribution in [0.3, 0.4) is 0 Å². The zero-order valence-electron chi connectivity index (χ0n) is 18.0. The number of nitrogens with zero attached hydrogens (tertiary/aromatic N) is 1. The Morgan fingerprint density at radius 3 is 1.94 bits per heavy atom. The number of halogens is 4. The number of allylic oxidation sites excluding steroid dienone is 2. The molecule has 0 radical (unpaired) electrons.